The normalized spacial score (nSPS) is 10.1. The predicted molar refractivity (Wildman–Crippen MR) is 79.7 cm³/mol. The number of carbonyl (C=O) groups excluding carboxylic acids is 2. The van der Waals surface area contributed by atoms with Crippen LogP contribution in [-0.2, 0) is 11.3 Å². The van der Waals surface area contributed by atoms with Gasteiger partial charge in [-0.1, -0.05) is 18.2 Å². The van der Waals surface area contributed by atoms with Crippen molar-refractivity contribution in [1.82, 2.24) is 0 Å². The maximum Gasteiger partial charge on any atom is 0.338 e. The van der Waals surface area contributed by atoms with Crippen LogP contribution < -0.4 is 11.5 Å². The average molecular weight is 284 g/mol. The Labute approximate surface area is 122 Å². The van der Waals surface area contributed by atoms with Gasteiger partial charge in [-0.2, -0.15) is 0 Å². The third-order valence-corrected chi connectivity index (χ3v) is 3.09. The van der Waals surface area contributed by atoms with Gasteiger partial charge in [0.15, 0.2) is 0 Å². The Hall–Kier alpha value is -2.82. The Morgan fingerprint density at radius 3 is 2.38 bits per heavy atom. The van der Waals surface area contributed by atoms with Crippen molar-refractivity contribution in [2.24, 2.45) is 5.73 Å². The summed E-state index contributed by atoms with van der Waals surface area (Å²) < 4.78 is 5.24. The van der Waals surface area contributed by atoms with Crippen LogP contribution in [0, 0.1) is 6.92 Å². The number of carbonyl (C=O) groups is 2. The summed E-state index contributed by atoms with van der Waals surface area (Å²) in [6.45, 7) is 1.93. The van der Waals surface area contributed by atoms with E-state index < -0.39 is 11.9 Å². The van der Waals surface area contributed by atoms with Crippen molar-refractivity contribution in [1.29, 1.82) is 0 Å². The van der Waals surface area contributed by atoms with Crippen molar-refractivity contribution in [3.63, 3.8) is 0 Å². The maximum atomic E-state index is 12.0. The maximum absolute atomic E-state index is 12.0. The van der Waals surface area contributed by atoms with E-state index in [1.807, 2.05) is 6.92 Å². The van der Waals surface area contributed by atoms with Gasteiger partial charge >= 0.3 is 5.97 Å². The van der Waals surface area contributed by atoms with Gasteiger partial charge < -0.3 is 16.2 Å². The largest absolute Gasteiger partial charge is 0.457 e. The molecule has 0 aromatic heterocycles. The van der Waals surface area contributed by atoms with Crippen LogP contribution in [0.2, 0.25) is 0 Å². The first-order valence-electron chi connectivity index (χ1n) is 6.39. The minimum atomic E-state index is -0.492. The molecule has 0 spiro atoms. The van der Waals surface area contributed by atoms with Gasteiger partial charge in [0.2, 0.25) is 5.91 Å². The van der Waals surface area contributed by atoms with Gasteiger partial charge in [-0.25, -0.2) is 4.79 Å². The molecular formula is C16H16N2O3. The summed E-state index contributed by atoms with van der Waals surface area (Å²) in [6.07, 6.45) is 0. The fourth-order valence-electron chi connectivity index (χ4n) is 1.85. The summed E-state index contributed by atoms with van der Waals surface area (Å²) in [6, 6.07) is 11.7. The Morgan fingerprint density at radius 1 is 1.10 bits per heavy atom. The first-order chi connectivity index (χ1) is 9.97. The molecule has 2 rings (SSSR count). The van der Waals surface area contributed by atoms with Crippen molar-refractivity contribution in [3.05, 3.63) is 64.7 Å². The van der Waals surface area contributed by atoms with E-state index in [-0.39, 0.29) is 6.61 Å². The lowest BCUT2D eigenvalue weighted by Crippen LogP contribution is -2.11. The number of benzene rings is 2. The molecule has 0 unspecified atom stereocenters. The Balaban J connectivity index is 2.04. The van der Waals surface area contributed by atoms with Crippen molar-refractivity contribution >= 4 is 17.6 Å². The number of anilines is 1. The summed E-state index contributed by atoms with van der Waals surface area (Å²) in [7, 11) is 0. The van der Waals surface area contributed by atoms with E-state index in [0.29, 0.717) is 16.8 Å². The van der Waals surface area contributed by atoms with Crippen molar-refractivity contribution < 1.29 is 14.3 Å². The molecular weight excluding hydrogens is 268 g/mol. The second kappa shape index (κ2) is 6.09. The van der Waals surface area contributed by atoms with Crippen LogP contribution in [0.1, 0.15) is 31.8 Å². The standard InChI is InChI=1S/C16H16N2O3/c1-10-2-7-13(17)8-14(10)16(20)21-9-11-3-5-12(6-4-11)15(18)19/h2-8H,9,17H2,1H3,(H2,18,19). The zero-order valence-corrected chi connectivity index (χ0v) is 11.6. The Morgan fingerprint density at radius 2 is 1.76 bits per heavy atom. The number of nitrogen functional groups attached to an aromatic ring is 1. The molecule has 4 N–H and O–H groups in total. The molecule has 0 aliphatic heterocycles. The number of amides is 1. The highest BCUT2D eigenvalue weighted by atomic mass is 16.5. The molecule has 0 atom stereocenters. The molecule has 0 saturated heterocycles. The van der Waals surface area contributed by atoms with Crippen LogP contribution >= 0.6 is 0 Å². The van der Waals surface area contributed by atoms with Crippen LogP contribution in [0.25, 0.3) is 0 Å². The fraction of sp³-hybridized carbons (Fsp3) is 0.125. The number of primary amides is 1. The highest BCUT2D eigenvalue weighted by Gasteiger charge is 2.11. The van der Waals surface area contributed by atoms with Gasteiger partial charge in [-0.05, 0) is 42.3 Å². The molecule has 0 saturated carbocycles. The van der Waals surface area contributed by atoms with Crippen molar-refractivity contribution in [2.45, 2.75) is 13.5 Å². The Bertz CT molecular complexity index is 678. The highest BCUT2D eigenvalue weighted by molar-refractivity contribution is 5.93. The lowest BCUT2D eigenvalue weighted by Gasteiger charge is -2.08. The molecule has 2 aromatic rings. The minimum Gasteiger partial charge on any atom is -0.457 e. The number of hydrogen-bond acceptors (Lipinski definition) is 4. The molecule has 5 heteroatoms. The molecule has 0 bridgehead atoms. The summed E-state index contributed by atoms with van der Waals surface area (Å²) in [5.74, 6) is -0.923. The van der Waals surface area contributed by atoms with E-state index in [2.05, 4.69) is 0 Å². The molecule has 21 heavy (non-hydrogen) atoms. The topological polar surface area (TPSA) is 95.4 Å². The van der Waals surface area contributed by atoms with Gasteiger partial charge in [-0.3, -0.25) is 4.79 Å². The van der Waals surface area contributed by atoms with Gasteiger partial charge in [0.05, 0.1) is 5.56 Å². The smallest absolute Gasteiger partial charge is 0.338 e. The van der Waals surface area contributed by atoms with Crippen LogP contribution in [0.15, 0.2) is 42.5 Å². The van der Waals surface area contributed by atoms with E-state index >= 15 is 0 Å². The second-order valence-corrected chi connectivity index (χ2v) is 4.71. The molecule has 0 radical (unpaired) electrons. The molecule has 108 valence electrons. The van der Waals surface area contributed by atoms with Crippen LogP contribution in [0.5, 0.6) is 0 Å². The number of aryl methyl sites for hydroxylation is 1. The third kappa shape index (κ3) is 3.60. The van der Waals surface area contributed by atoms with E-state index in [9.17, 15) is 9.59 Å². The first kappa shape index (κ1) is 14.6. The molecule has 5 nitrogen and oxygen atoms in total. The fourth-order valence-corrected chi connectivity index (χ4v) is 1.85. The average Bonchev–Trinajstić information content (AvgIpc) is 2.47. The summed E-state index contributed by atoms with van der Waals surface area (Å²) in [5, 5.41) is 0. The van der Waals surface area contributed by atoms with Gasteiger partial charge in [0.1, 0.15) is 6.61 Å². The van der Waals surface area contributed by atoms with Crippen LogP contribution in [0.3, 0.4) is 0 Å². The number of rotatable bonds is 4. The number of esters is 1. The van der Waals surface area contributed by atoms with Gasteiger partial charge in [0, 0.05) is 11.3 Å². The zero-order chi connectivity index (χ0) is 15.4. The highest BCUT2D eigenvalue weighted by Crippen LogP contribution is 2.15. The van der Waals surface area contributed by atoms with E-state index in [4.69, 9.17) is 16.2 Å². The summed E-state index contributed by atoms with van der Waals surface area (Å²) >= 11 is 0. The molecule has 0 aliphatic carbocycles. The van der Waals surface area contributed by atoms with Crippen molar-refractivity contribution in [2.75, 3.05) is 5.73 Å². The zero-order valence-electron chi connectivity index (χ0n) is 11.6. The van der Waals surface area contributed by atoms with Crippen LogP contribution in [-0.4, -0.2) is 11.9 Å². The van der Waals surface area contributed by atoms with E-state index in [1.165, 1.54) is 0 Å². The third-order valence-electron chi connectivity index (χ3n) is 3.09. The number of ether oxygens (including phenoxy) is 1. The predicted octanol–water partition coefficient (Wildman–Crippen LogP) is 2.03. The SMILES string of the molecule is Cc1ccc(N)cc1C(=O)OCc1ccc(C(N)=O)cc1. The number of nitrogens with two attached hydrogens (primary N) is 2. The quantitative estimate of drug-likeness (QED) is 0.663. The van der Waals surface area contributed by atoms with Gasteiger partial charge in [0.25, 0.3) is 0 Å². The molecule has 1 amide bonds. The first-order valence-corrected chi connectivity index (χ1v) is 6.39. The van der Waals surface area contributed by atoms with E-state index in [0.717, 1.165) is 11.1 Å². The van der Waals surface area contributed by atoms with Crippen LogP contribution in [0.4, 0.5) is 5.69 Å². The van der Waals surface area contributed by atoms with Crippen molar-refractivity contribution in [3.8, 4) is 0 Å². The minimum absolute atomic E-state index is 0.117. The lowest BCUT2D eigenvalue weighted by atomic mass is 10.1. The van der Waals surface area contributed by atoms with Gasteiger partial charge in [-0.15, -0.1) is 0 Å². The molecule has 2 aromatic carbocycles. The monoisotopic (exact) mass is 284 g/mol. The Kier molecular flexibility index (Phi) is 4.23. The lowest BCUT2D eigenvalue weighted by molar-refractivity contribution is 0.0471. The summed E-state index contributed by atoms with van der Waals surface area (Å²) in [5.41, 5.74) is 13.8. The van der Waals surface area contributed by atoms with E-state index in [1.54, 1.807) is 42.5 Å². The molecule has 0 aliphatic rings. The second-order valence-electron chi connectivity index (χ2n) is 4.71. The summed E-state index contributed by atoms with van der Waals surface area (Å²) in [4.78, 5) is 23.0. The molecule has 0 heterocycles. The number of hydrogen-bond donors (Lipinski definition) is 2. The molecule has 0 fully saturated rings.